The average Bonchev–Trinajstić information content (AvgIpc) is 2.72. The number of ether oxygens (including phenoxy) is 3. The van der Waals surface area contributed by atoms with E-state index in [1.807, 2.05) is 50.4 Å². The molecule has 1 amide bonds. The lowest BCUT2D eigenvalue weighted by Gasteiger charge is -2.22. The first kappa shape index (κ1) is 19.8. The number of carbonyl (C=O) groups excluding carboxylic acids is 1. The molecule has 6 nitrogen and oxygen atoms in total. The number of benzene rings is 2. The third kappa shape index (κ3) is 5.04. The summed E-state index contributed by atoms with van der Waals surface area (Å²) < 4.78 is 16.6. The molecule has 28 heavy (non-hydrogen) atoms. The molecule has 0 aliphatic carbocycles. The van der Waals surface area contributed by atoms with Crippen LogP contribution < -0.4 is 24.4 Å². The fourth-order valence-electron chi connectivity index (χ4n) is 2.93. The highest BCUT2D eigenvalue weighted by Crippen LogP contribution is 2.32. The fraction of sp³-hybridized carbons (Fsp3) is 0.318. The summed E-state index contributed by atoms with van der Waals surface area (Å²) in [6.07, 6.45) is 1.72. The molecule has 0 bridgehead atoms. The fourth-order valence-corrected chi connectivity index (χ4v) is 2.93. The van der Waals surface area contributed by atoms with E-state index in [2.05, 4.69) is 11.9 Å². The summed E-state index contributed by atoms with van der Waals surface area (Å²) in [4.78, 5) is 13.7. The molecule has 2 atom stereocenters. The van der Waals surface area contributed by atoms with Gasteiger partial charge in [0.15, 0.2) is 17.5 Å². The van der Waals surface area contributed by atoms with Gasteiger partial charge in [-0.2, -0.15) is 0 Å². The Labute approximate surface area is 165 Å². The monoisotopic (exact) mass is 383 g/mol. The third-order valence-corrected chi connectivity index (χ3v) is 4.72. The minimum atomic E-state index is -0.218. The predicted molar refractivity (Wildman–Crippen MR) is 108 cm³/mol. The van der Waals surface area contributed by atoms with E-state index in [-0.39, 0.29) is 11.9 Å². The first-order chi connectivity index (χ1) is 13.6. The molecule has 1 unspecified atom stereocenters. The SMILES string of the molecule is C=CCOc1ccc(C[NH+](C)[C@@H](C)C(=O)Nc2ccc3c(c2)OCCO3)cc1. The summed E-state index contributed by atoms with van der Waals surface area (Å²) >= 11 is 0. The Morgan fingerprint density at radius 2 is 1.93 bits per heavy atom. The van der Waals surface area contributed by atoms with E-state index in [1.165, 1.54) is 0 Å². The second kappa shape index (κ2) is 9.28. The molecule has 1 aliphatic heterocycles. The zero-order valence-corrected chi connectivity index (χ0v) is 16.4. The Morgan fingerprint density at radius 1 is 1.21 bits per heavy atom. The van der Waals surface area contributed by atoms with Crippen LogP contribution in [0.3, 0.4) is 0 Å². The number of carbonyl (C=O) groups is 1. The van der Waals surface area contributed by atoms with Gasteiger partial charge < -0.3 is 24.4 Å². The van der Waals surface area contributed by atoms with E-state index >= 15 is 0 Å². The van der Waals surface area contributed by atoms with Crippen molar-refractivity contribution in [3.63, 3.8) is 0 Å². The standard InChI is InChI=1S/C22H26N2O4/c1-4-11-26-19-8-5-17(6-9-19)15-24(3)16(2)22(25)23-18-7-10-20-21(14-18)28-13-12-27-20/h4-10,14,16H,1,11-13,15H2,2-3H3,(H,23,25)/p+1/t16-/m0/s1. The Hall–Kier alpha value is -2.99. The van der Waals surface area contributed by atoms with Crippen LogP contribution in [0.25, 0.3) is 0 Å². The van der Waals surface area contributed by atoms with Gasteiger partial charge in [-0.25, -0.2) is 0 Å². The molecule has 0 aromatic heterocycles. The Morgan fingerprint density at radius 3 is 2.64 bits per heavy atom. The Kier molecular flexibility index (Phi) is 6.55. The summed E-state index contributed by atoms with van der Waals surface area (Å²) in [5, 5.41) is 2.97. The zero-order valence-electron chi connectivity index (χ0n) is 16.4. The number of likely N-dealkylation sites (N-methyl/N-ethyl adjacent to an activating group) is 1. The maximum Gasteiger partial charge on any atom is 0.282 e. The van der Waals surface area contributed by atoms with E-state index in [0.29, 0.717) is 37.0 Å². The van der Waals surface area contributed by atoms with Gasteiger partial charge in [-0.15, -0.1) is 0 Å². The number of hydrogen-bond acceptors (Lipinski definition) is 4. The smallest absolute Gasteiger partial charge is 0.282 e. The van der Waals surface area contributed by atoms with Crippen molar-refractivity contribution in [2.45, 2.75) is 19.5 Å². The second-order valence-electron chi connectivity index (χ2n) is 6.84. The predicted octanol–water partition coefficient (Wildman–Crippen LogP) is 2.06. The lowest BCUT2D eigenvalue weighted by Crippen LogP contribution is -3.12. The summed E-state index contributed by atoms with van der Waals surface area (Å²) in [6, 6.07) is 13.1. The van der Waals surface area contributed by atoms with Crippen molar-refractivity contribution in [3.8, 4) is 17.2 Å². The molecular weight excluding hydrogens is 356 g/mol. The maximum absolute atomic E-state index is 12.7. The molecule has 6 heteroatoms. The molecule has 0 fully saturated rings. The molecule has 0 saturated heterocycles. The molecule has 0 saturated carbocycles. The third-order valence-electron chi connectivity index (χ3n) is 4.72. The molecule has 1 heterocycles. The van der Waals surface area contributed by atoms with Gasteiger partial charge in [-0.3, -0.25) is 4.79 Å². The number of anilines is 1. The maximum atomic E-state index is 12.7. The van der Waals surface area contributed by atoms with Gasteiger partial charge >= 0.3 is 0 Å². The lowest BCUT2D eigenvalue weighted by molar-refractivity contribution is -0.907. The van der Waals surface area contributed by atoms with Crippen LogP contribution in [-0.4, -0.2) is 38.8 Å². The van der Waals surface area contributed by atoms with E-state index < -0.39 is 0 Å². The van der Waals surface area contributed by atoms with Crippen LogP contribution in [0.15, 0.2) is 55.1 Å². The van der Waals surface area contributed by atoms with Gasteiger partial charge in [0.2, 0.25) is 0 Å². The van der Waals surface area contributed by atoms with Gasteiger partial charge in [0.25, 0.3) is 5.91 Å². The van der Waals surface area contributed by atoms with Crippen LogP contribution in [0.2, 0.25) is 0 Å². The van der Waals surface area contributed by atoms with Crippen molar-refractivity contribution in [2.75, 3.05) is 32.2 Å². The molecule has 1 aliphatic rings. The normalized spacial score (nSPS) is 14.6. The van der Waals surface area contributed by atoms with Crippen molar-refractivity contribution in [1.29, 1.82) is 0 Å². The number of rotatable bonds is 8. The summed E-state index contributed by atoms with van der Waals surface area (Å²) in [5.74, 6) is 2.14. The Bertz CT molecular complexity index is 820. The molecule has 2 aromatic carbocycles. The van der Waals surface area contributed by atoms with Crippen LogP contribution in [0.5, 0.6) is 17.2 Å². The van der Waals surface area contributed by atoms with Crippen molar-refractivity contribution in [3.05, 3.63) is 60.7 Å². The van der Waals surface area contributed by atoms with Crippen molar-refractivity contribution < 1.29 is 23.9 Å². The van der Waals surface area contributed by atoms with Crippen molar-refractivity contribution in [1.82, 2.24) is 0 Å². The number of quaternary nitrogens is 1. The second-order valence-corrected chi connectivity index (χ2v) is 6.84. The highest BCUT2D eigenvalue weighted by molar-refractivity contribution is 5.93. The average molecular weight is 383 g/mol. The molecular formula is C22H27N2O4+. The van der Waals surface area contributed by atoms with E-state index in [4.69, 9.17) is 14.2 Å². The van der Waals surface area contributed by atoms with Crippen molar-refractivity contribution >= 4 is 11.6 Å². The van der Waals surface area contributed by atoms with Gasteiger partial charge in [0.05, 0.1) is 7.05 Å². The van der Waals surface area contributed by atoms with Gasteiger partial charge in [-0.1, -0.05) is 12.7 Å². The first-order valence-electron chi connectivity index (χ1n) is 9.42. The van der Waals surface area contributed by atoms with E-state index in [1.54, 1.807) is 12.1 Å². The molecule has 148 valence electrons. The first-order valence-corrected chi connectivity index (χ1v) is 9.42. The number of hydrogen-bond donors (Lipinski definition) is 2. The van der Waals surface area contributed by atoms with Crippen LogP contribution in [0.4, 0.5) is 5.69 Å². The van der Waals surface area contributed by atoms with Gasteiger partial charge in [0, 0.05) is 17.3 Å². The number of fused-ring (bicyclic) bond motifs is 1. The summed E-state index contributed by atoms with van der Waals surface area (Å²) in [7, 11) is 2.01. The van der Waals surface area contributed by atoms with Crippen LogP contribution in [0, 0.1) is 0 Å². The number of amides is 1. The van der Waals surface area contributed by atoms with E-state index in [9.17, 15) is 4.79 Å². The summed E-state index contributed by atoms with van der Waals surface area (Å²) in [5.41, 5.74) is 1.85. The number of nitrogens with one attached hydrogen (secondary N) is 2. The highest BCUT2D eigenvalue weighted by atomic mass is 16.6. The molecule has 2 aromatic rings. The van der Waals surface area contributed by atoms with Crippen LogP contribution in [0.1, 0.15) is 12.5 Å². The minimum absolute atomic E-state index is 0.0416. The minimum Gasteiger partial charge on any atom is -0.490 e. The largest absolute Gasteiger partial charge is 0.490 e. The zero-order chi connectivity index (χ0) is 19.9. The molecule has 0 spiro atoms. The van der Waals surface area contributed by atoms with Gasteiger partial charge in [-0.05, 0) is 43.3 Å². The van der Waals surface area contributed by atoms with Crippen molar-refractivity contribution in [2.24, 2.45) is 0 Å². The van der Waals surface area contributed by atoms with E-state index in [0.717, 1.165) is 22.8 Å². The lowest BCUT2D eigenvalue weighted by atomic mass is 10.1. The summed E-state index contributed by atoms with van der Waals surface area (Å²) in [6.45, 7) is 7.85. The highest BCUT2D eigenvalue weighted by Gasteiger charge is 2.23. The van der Waals surface area contributed by atoms with Crippen LogP contribution in [-0.2, 0) is 11.3 Å². The topological polar surface area (TPSA) is 61.2 Å². The van der Waals surface area contributed by atoms with Gasteiger partial charge in [0.1, 0.15) is 32.1 Å². The molecule has 3 rings (SSSR count). The molecule has 0 radical (unpaired) electrons. The van der Waals surface area contributed by atoms with Crippen LogP contribution >= 0.6 is 0 Å². The quantitative estimate of drug-likeness (QED) is 0.685. The molecule has 2 N–H and O–H groups in total. The Balaban J connectivity index is 1.55.